The van der Waals surface area contributed by atoms with Crippen LogP contribution < -0.4 is 29.6 Å². The van der Waals surface area contributed by atoms with Crippen LogP contribution in [0.2, 0.25) is 0 Å². The Balaban J connectivity index is -0.000000405. The molecular weight excluding hydrogens is 175 g/mol. The molecule has 0 heterocycles. The molecule has 0 spiro atoms. The van der Waals surface area contributed by atoms with Crippen LogP contribution in [0.15, 0.2) is 12.7 Å². The minimum absolute atomic E-state index is 0. The van der Waals surface area contributed by atoms with Crippen LogP contribution in [0.25, 0.3) is 0 Å². The third-order valence-corrected chi connectivity index (χ3v) is 2.22. The van der Waals surface area contributed by atoms with Crippen LogP contribution in [-0.4, -0.2) is 20.8 Å². The van der Waals surface area contributed by atoms with Crippen molar-refractivity contribution in [2.24, 2.45) is 0 Å². The molecule has 0 aliphatic heterocycles. The molecule has 0 rings (SSSR count). The molecule has 0 saturated heterocycles. The Kier molecular flexibility index (Phi) is 9.43. The molecule has 0 atom stereocenters. The first-order chi connectivity index (χ1) is 4.62. The first-order valence-electron chi connectivity index (χ1n) is 3.10. The Morgan fingerprint density at radius 2 is 2.18 bits per heavy atom. The van der Waals surface area contributed by atoms with Crippen LogP contribution in [0.4, 0.5) is 0 Å². The van der Waals surface area contributed by atoms with Gasteiger partial charge in [0, 0.05) is 0 Å². The minimum atomic E-state index is -3.27. The van der Waals surface area contributed by atoms with Gasteiger partial charge in [0.05, 0.1) is 12.4 Å². The summed E-state index contributed by atoms with van der Waals surface area (Å²) >= 11 is 0. The van der Waals surface area contributed by atoms with E-state index in [2.05, 4.69) is 10.8 Å². The second-order valence-electron chi connectivity index (χ2n) is 1.83. The van der Waals surface area contributed by atoms with E-state index in [0.717, 1.165) is 0 Å². The van der Waals surface area contributed by atoms with E-state index in [0.29, 0.717) is 6.42 Å². The molecule has 0 amide bonds. The van der Waals surface area contributed by atoms with Crippen LogP contribution in [0, 0.1) is 0 Å². The molecule has 0 aliphatic rings. The summed E-state index contributed by atoms with van der Waals surface area (Å²) in [6.07, 6.45) is 1.99. The molecule has 0 aromatic rings. The molecule has 11 heavy (non-hydrogen) atoms. The summed E-state index contributed by atoms with van der Waals surface area (Å²) in [4.78, 5) is 0. The predicted molar refractivity (Wildman–Crippen MR) is 41.3 cm³/mol. The van der Waals surface area contributed by atoms with E-state index < -0.39 is 10.1 Å². The van der Waals surface area contributed by atoms with Gasteiger partial charge in [-0.1, -0.05) is 13.0 Å². The van der Waals surface area contributed by atoms with E-state index in [1.165, 1.54) is 6.08 Å². The fourth-order valence-corrected chi connectivity index (χ4v) is 1.38. The second kappa shape index (κ2) is 7.31. The average Bonchev–Trinajstić information content (AvgIpc) is 1.84. The Hall–Kier alpha value is 0.650. The molecule has 0 fully saturated rings. The van der Waals surface area contributed by atoms with Crippen LogP contribution in [0.1, 0.15) is 14.8 Å². The van der Waals surface area contributed by atoms with E-state index in [1.54, 1.807) is 6.92 Å². The fourth-order valence-electron chi connectivity index (χ4n) is 0.461. The molecule has 5 heteroatoms. The van der Waals surface area contributed by atoms with Gasteiger partial charge in [-0.25, -0.2) is 0 Å². The summed E-state index contributed by atoms with van der Waals surface area (Å²) in [6.45, 7) is 5.19. The monoisotopic (exact) mass is 188 g/mol. The van der Waals surface area contributed by atoms with Gasteiger partial charge in [0.1, 0.15) is 0 Å². The molecule has 0 saturated carbocycles. The fraction of sp³-hybridized carbons (Fsp3) is 0.667. The van der Waals surface area contributed by atoms with Crippen molar-refractivity contribution in [1.29, 1.82) is 0 Å². The Morgan fingerprint density at radius 3 is 2.55 bits per heavy atom. The van der Waals surface area contributed by atoms with Crippen LogP contribution in [-0.2, 0) is 14.3 Å². The summed E-state index contributed by atoms with van der Waals surface area (Å²) in [5, 5.41) is 0. The van der Waals surface area contributed by atoms with Crippen molar-refractivity contribution in [1.82, 2.24) is 0 Å². The van der Waals surface area contributed by atoms with Gasteiger partial charge in [-0.2, -0.15) is 8.42 Å². The normalized spacial score (nSPS) is 10.3. The Labute approximate surface area is 91.7 Å². The molecule has 3 nitrogen and oxygen atoms in total. The maximum absolute atomic E-state index is 10.7. The van der Waals surface area contributed by atoms with Crippen molar-refractivity contribution >= 4 is 10.1 Å². The topological polar surface area (TPSA) is 43.4 Å². The van der Waals surface area contributed by atoms with Gasteiger partial charge in [0.25, 0.3) is 10.1 Å². The van der Waals surface area contributed by atoms with Crippen molar-refractivity contribution in [3.63, 3.8) is 0 Å². The Bertz CT molecular complexity index is 191. The van der Waals surface area contributed by atoms with Gasteiger partial charge in [-0.05, 0) is 6.42 Å². The van der Waals surface area contributed by atoms with E-state index >= 15 is 0 Å². The van der Waals surface area contributed by atoms with Gasteiger partial charge in [-0.15, -0.1) is 6.58 Å². The van der Waals surface area contributed by atoms with Gasteiger partial charge in [0.2, 0.25) is 0 Å². The molecule has 0 aromatic heterocycles. The van der Waals surface area contributed by atoms with Crippen LogP contribution in [0.3, 0.4) is 0 Å². The predicted octanol–water partition coefficient (Wildman–Crippen LogP) is -1.95. The van der Waals surface area contributed by atoms with Crippen molar-refractivity contribution < 1.29 is 43.6 Å². The second-order valence-corrected chi connectivity index (χ2v) is 3.59. The van der Waals surface area contributed by atoms with Crippen molar-refractivity contribution in [2.75, 3.05) is 12.4 Å². The van der Waals surface area contributed by atoms with Crippen molar-refractivity contribution in [3.8, 4) is 0 Å². The maximum Gasteiger partial charge on any atom is 1.00 e. The zero-order valence-electron chi connectivity index (χ0n) is 8.04. The van der Waals surface area contributed by atoms with Gasteiger partial charge >= 0.3 is 29.6 Å². The Morgan fingerprint density at radius 1 is 1.64 bits per heavy atom. The number of rotatable bonds is 5. The minimum Gasteiger partial charge on any atom is -1.00 e. The van der Waals surface area contributed by atoms with E-state index in [4.69, 9.17) is 0 Å². The van der Waals surface area contributed by atoms with Gasteiger partial charge in [0.15, 0.2) is 0 Å². The van der Waals surface area contributed by atoms with Gasteiger partial charge in [-0.3, -0.25) is 4.18 Å². The third-order valence-electron chi connectivity index (χ3n) is 0.820. The number of hydrogen-bond donors (Lipinski definition) is 0. The summed E-state index contributed by atoms with van der Waals surface area (Å²) in [6, 6.07) is 0. The largest absolute Gasteiger partial charge is 1.00 e. The first kappa shape index (κ1) is 14.2. The van der Waals surface area contributed by atoms with Gasteiger partial charge < -0.3 is 1.43 Å². The van der Waals surface area contributed by atoms with Crippen LogP contribution >= 0.6 is 0 Å². The quantitative estimate of drug-likeness (QED) is 0.286. The molecule has 0 N–H and O–H groups in total. The van der Waals surface area contributed by atoms with Crippen molar-refractivity contribution in [3.05, 3.63) is 12.7 Å². The van der Waals surface area contributed by atoms with Crippen LogP contribution in [0.5, 0.6) is 0 Å². The van der Waals surface area contributed by atoms with Crippen molar-refractivity contribution in [2.45, 2.75) is 13.3 Å². The zero-order chi connectivity index (χ0) is 8.04. The summed E-state index contributed by atoms with van der Waals surface area (Å²) in [5.41, 5.74) is 0. The summed E-state index contributed by atoms with van der Waals surface area (Å²) in [5.74, 6) is 0.0842. The number of hydrogen-bond acceptors (Lipinski definition) is 3. The standard InChI is InChI=1S/C6H12O3S.Na.H/c1-3-5-9-10(7,8)6-4-2;;/h3H,1,4-6H2,2H3;;/q;+1;-1. The SMILES string of the molecule is C=CCOS(=O)(=O)CCC.[H-].[Na+]. The molecule has 0 bridgehead atoms. The third kappa shape index (κ3) is 8.56. The molecule has 0 aliphatic carbocycles. The molecule has 0 unspecified atom stereocenters. The smallest absolute Gasteiger partial charge is 1.00 e. The molecular formula is C6H13NaO3S. The summed E-state index contributed by atoms with van der Waals surface area (Å²) in [7, 11) is -3.27. The molecule has 0 aromatic carbocycles. The zero-order valence-corrected chi connectivity index (χ0v) is 9.86. The van der Waals surface area contributed by atoms with E-state index in [1.807, 2.05) is 0 Å². The maximum atomic E-state index is 10.7. The average molecular weight is 188 g/mol. The summed E-state index contributed by atoms with van der Waals surface area (Å²) < 4.78 is 25.9. The van der Waals surface area contributed by atoms with E-state index in [-0.39, 0.29) is 43.3 Å². The molecule has 0 radical (unpaired) electrons. The first-order valence-corrected chi connectivity index (χ1v) is 4.68. The molecule has 62 valence electrons. The van der Waals surface area contributed by atoms with E-state index in [9.17, 15) is 8.42 Å².